The molecule has 0 aliphatic heterocycles. The summed E-state index contributed by atoms with van der Waals surface area (Å²) in [4.78, 5) is 29.0. The van der Waals surface area contributed by atoms with Crippen molar-refractivity contribution in [2.75, 3.05) is 17.1 Å². The number of sulfonamides is 1. The molecule has 1 N–H and O–H groups in total. The van der Waals surface area contributed by atoms with Gasteiger partial charge in [0.2, 0.25) is 21.8 Å². The molecule has 0 bridgehead atoms. The van der Waals surface area contributed by atoms with E-state index in [1.54, 1.807) is 18.2 Å². The molecule has 0 spiro atoms. The van der Waals surface area contributed by atoms with E-state index in [4.69, 9.17) is 0 Å². The minimum absolute atomic E-state index is 0.0206. The van der Waals surface area contributed by atoms with Gasteiger partial charge in [0.1, 0.15) is 11.9 Å². The zero-order valence-electron chi connectivity index (χ0n) is 25.1. The molecule has 3 aromatic rings. The minimum Gasteiger partial charge on any atom is -0.352 e. The van der Waals surface area contributed by atoms with Gasteiger partial charge in [-0.25, -0.2) is 12.8 Å². The van der Waals surface area contributed by atoms with Crippen molar-refractivity contribution in [2.45, 2.75) is 72.0 Å². The van der Waals surface area contributed by atoms with Crippen molar-refractivity contribution in [3.05, 3.63) is 101 Å². The van der Waals surface area contributed by atoms with Gasteiger partial charge in [0.05, 0.1) is 11.9 Å². The number of hydrogen-bond acceptors (Lipinski definition) is 4. The van der Waals surface area contributed by atoms with Crippen molar-refractivity contribution < 1.29 is 22.4 Å². The maximum absolute atomic E-state index is 14.8. The van der Waals surface area contributed by atoms with Crippen LogP contribution in [0, 0.1) is 19.7 Å². The van der Waals surface area contributed by atoms with E-state index in [1.807, 2.05) is 76.2 Å². The number of carbonyl (C=O) groups excluding carboxylic acids is 2. The number of halogens is 1. The Morgan fingerprint density at radius 2 is 1.64 bits per heavy atom. The van der Waals surface area contributed by atoms with Gasteiger partial charge in [-0.05, 0) is 62.4 Å². The van der Waals surface area contributed by atoms with Gasteiger partial charge in [-0.2, -0.15) is 0 Å². The third kappa shape index (κ3) is 9.14. The summed E-state index contributed by atoms with van der Waals surface area (Å²) in [5, 5.41) is 3.00. The highest BCUT2D eigenvalue weighted by Crippen LogP contribution is 2.25. The summed E-state index contributed by atoms with van der Waals surface area (Å²) < 4.78 is 41.6. The van der Waals surface area contributed by atoms with Crippen LogP contribution < -0.4 is 9.62 Å². The van der Waals surface area contributed by atoms with Gasteiger partial charge >= 0.3 is 0 Å². The first kappa shape index (κ1) is 32.8. The number of benzene rings is 3. The number of hydrogen-bond donors (Lipinski definition) is 1. The quantitative estimate of drug-likeness (QED) is 0.265. The van der Waals surface area contributed by atoms with Crippen LogP contribution in [0.4, 0.5) is 10.1 Å². The zero-order chi connectivity index (χ0) is 30.9. The lowest BCUT2D eigenvalue weighted by molar-refractivity contribution is -0.141. The van der Waals surface area contributed by atoms with E-state index in [0.29, 0.717) is 17.7 Å². The van der Waals surface area contributed by atoms with Crippen LogP contribution in [-0.4, -0.2) is 50.0 Å². The highest BCUT2D eigenvalue weighted by molar-refractivity contribution is 7.92. The molecule has 0 saturated heterocycles. The van der Waals surface area contributed by atoms with Crippen LogP contribution in [0.5, 0.6) is 0 Å². The van der Waals surface area contributed by atoms with E-state index < -0.39 is 21.9 Å². The standard InChI is InChI=1S/C33H42FN3O4S/c1-6-26(4)35-33(39)31(22-27-13-8-7-9-14-27)36(23-28-15-10-11-16-29(28)34)32(38)17-12-20-37(42(5,40)41)30-21-24(2)18-19-25(30)3/h7-11,13-16,18-19,21,26,31H,6,12,17,20,22-23H2,1-5H3,(H,35,39)/t26-,31-/m0/s1. The third-order valence-electron chi connectivity index (χ3n) is 7.36. The molecule has 3 aromatic carbocycles. The molecule has 0 aliphatic rings. The Kier molecular flexibility index (Phi) is 11.7. The fraction of sp³-hybridized carbons (Fsp3) is 0.394. The molecule has 2 atom stereocenters. The molecule has 0 aromatic heterocycles. The van der Waals surface area contributed by atoms with E-state index in [9.17, 15) is 22.4 Å². The first-order valence-electron chi connectivity index (χ1n) is 14.3. The van der Waals surface area contributed by atoms with Gasteiger partial charge in [-0.15, -0.1) is 0 Å². The van der Waals surface area contributed by atoms with Crippen molar-refractivity contribution in [3.8, 4) is 0 Å². The predicted octanol–water partition coefficient (Wildman–Crippen LogP) is 5.54. The minimum atomic E-state index is -3.62. The van der Waals surface area contributed by atoms with Gasteiger partial charge in [-0.3, -0.25) is 13.9 Å². The van der Waals surface area contributed by atoms with Gasteiger partial charge in [0.15, 0.2) is 0 Å². The Balaban J connectivity index is 1.92. The van der Waals surface area contributed by atoms with Crippen molar-refractivity contribution in [1.29, 1.82) is 0 Å². The fourth-order valence-electron chi connectivity index (χ4n) is 4.78. The SMILES string of the molecule is CC[C@H](C)NC(=O)[C@H](Cc1ccccc1)N(Cc1ccccc1F)C(=O)CCCN(c1cc(C)ccc1C)S(C)(=O)=O. The maximum Gasteiger partial charge on any atom is 0.243 e. The van der Waals surface area contributed by atoms with Gasteiger partial charge in [-0.1, -0.05) is 67.6 Å². The van der Waals surface area contributed by atoms with Crippen molar-refractivity contribution in [2.24, 2.45) is 0 Å². The van der Waals surface area contributed by atoms with Crippen LogP contribution in [0.1, 0.15) is 55.4 Å². The lowest BCUT2D eigenvalue weighted by atomic mass is 10.0. The Bertz CT molecular complexity index is 1460. The predicted molar refractivity (Wildman–Crippen MR) is 166 cm³/mol. The second-order valence-corrected chi connectivity index (χ2v) is 12.8. The van der Waals surface area contributed by atoms with Gasteiger partial charge in [0.25, 0.3) is 0 Å². The lowest BCUT2D eigenvalue weighted by Gasteiger charge is -2.33. The van der Waals surface area contributed by atoms with E-state index in [1.165, 1.54) is 15.3 Å². The summed E-state index contributed by atoms with van der Waals surface area (Å²) in [6.45, 7) is 7.59. The average Bonchev–Trinajstić information content (AvgIpc) is 2.95. The highest BCUT2D eigenvalue weighted by Gasteiger charge is 2.31. The second-order valence-electron chi connectivity index (χ2n) is 10.9. The Hall–Kier alpha value is -3.72. The molecule has 0 unspecified atom stereocenters. The van der Waals surface area contributed by atoms with Gasteiger partial charge in [0, 0.05) is 37.5 Å². The van der Waals surface area contributed by atoms with Crippen LogP contribution in [0.2, 0.25) is 0 Å². The van der Waals surface area contributed by atoms with Crippen molar-refractivity contribution >= 4 is 27.5 Å². The summed E-state index contributed by atoms with van der Waals surface area (Å²) in [5.74, 6) is -1.13. The van der Waals surface area contributed by atoms with Crippen molar-refractivity contribution in [1.82, 2.24) is 10.2 Å². The number of carbonyl (C=O) groups is 2. The molecule has 42 heavy (non-hydrogen) atoms. The molecule has 2 amide bonds. The largest absolute Gasteiger partial charge is 0.352 e. The van der Waals surface area contributed by atoms with Gasteiger partial charge < -0.3 is 10.2 Å². The zero-order valence-corrected chi connectivity index (χ0v) is 26.0. The lowest BCUT2D eigenvalue weighted by Crippen LogP contribution is -2.52. The fourth-order valence-corrected chi connectivity index (χ4v) is 5.79. The average molecular weight is 596 g/mol. The molecule has 0 fully saturated rings. The molecule has 226 valence electrons. The normalized spacial score (nSPS) is 12.8. The first-order valence-corrected chi connectivity index (χ1v) is 16.2. The monoisotopic (exact) mass is 595 g/mol. The molecule has 3 rings (SSSR count). The molecular formula is C33H42FN3O4S. The number of nitrogens with zero attached hydrogens (tertiary/aromatic N) is 2. The smallest absolute Gasteiger partial charge is 0.243 e. The van der Waals surface area contributed by atoms with Crippen LogP contribution in [-0.2, 0) is 32.6 Å². The Morgan fingerprint density at radius 1 is 0.976 bits per heavy atom. The van der Waals surface area contributed by atoms with Crippen LogP contribution >= 0.6 is 0 Å². The second kappa shape index (κ2) is 15.0. The van der Waals surface area contributed by atoms with Crippen molar-refractivity contribution in [3.63, 3.8) is 0 Å². The summed E-state index contributed by atoms with van der Waals surface area (Å²) in [5.41, 5.74) is 3.47. The first-order chi connectivity index (χ1) is 19.9. The summed E-state index contributed by atoms with van der Waals surface area (Å²) >= 11 is 0. The topological polar surface area (TPSA) is 86.8 Å². The van der Waals surface area contributed by atoms with Crippen LogP contribution in [0.15, 0.2) is 72.8 Å². The summed E-state index contributed by atoms with van der Waals surface area (Å²) in [6, 6.07) is 20.2. The Labute approximate surface area is 249 Å². The molecule has 9 heteroatoms. The molecular weight excluding hydrogens is 553 g/mol. The highest BCUT2D eigenvalue weighted by atomic mass is 32.2. The molecule has 0 radical (unpaired) electrons. The van der Waals surface area contributed by atoms with E-state index in [0.717, 1.165) is 22.9 Å². The number of rotatable bonds is 14. The number of nitrogens with one attached hydrogen (secondary N) is 1. The number of amides is 2. The number of anilines is 1. The summed E-state index contributed by atoms with van der Waals surface area (Å²) in [7, 11) is -3.62. The molecule has 0 aliphatic carbocycles. The molecule has 0 saturated carbocycles. The number of aryl methyl sites for hydroxylation is 2. The van der Waals surface area contributed by atoms with E-state index in [-0.39, 0.29) is 50.2 Å². The van der Waals surface area contributed by atoms with Crippen LogP contribution in [0.25, 0.3) is 0 Å². The maximum atomic E-state index is 14.8. The summed E-state index contributed by atoms with van der Waals surface area (Å²) in [6.07, 6.45) is 2.31. The molecule has 7 nitrogen and oxygen atoms in total. The molecule has 0 heterocycles. The third-order valence-corrected chi connectivity index (χ3v) is 8.54. The van der Waals surface area contributed by atoms with Crippen LogP contribution in [0.3, 0.4) is 0 Å². The Morgan fingerprint density at radius 3 is 2.29 bits per heavy atom. The van der Waals surface area contributed by atoms with E-state index in [2.05, 4.69) is 5.32 Å². The van der Waals surface area contributed by atoms with E-state index >= 15 is 0 Å².